The molecule has 0 bridgehead atoms. The van der Waals surface area contributed by atoms with Crippen LogP contribution in [0, 0.1) is 0 Å². The zero-order chi connectivity index (χ0) is 13.0. The fraction of sp³-hybridized carbons (Fsp3) is 0.154. The van der Waals surface area contributed by atoms with Gasteiger partial charge in [0.2, 0.25) is 0 Å². The van der Waals surface area contributed by atoms with Crippen molar-refractivity contribution in [3.8, 4) is 11.5 Å². The van der Waals surface area contributed by atoms with E-state index in [4.69, 9.17) is 4.74 Å². The highest BCUT2D eigenvalue weighted by atomic mass is 16.5. The number of H-pyrrole nitrogens is 1. The summed E-state index contributed by atoms with van der Waals surface area (Å²) in [6.07, 6.45) is 3.58. The van der Waals surface area contributed by atoms with E-state index >= 15 is 0 Å². The third-order valence-corrected chi connectivity index (χ3v) is 2.56. The van der Waals surface area contributed by atoms with Gasteiger partial charge in [-0.15, -0.1) is 0 Å². The van der Waals surface area contributed by atoms with Gasteiger partial charge < -0.3 is 20.1 Å². The largest absolute Gasteiger partial charge is 0.507 e. The van der Waals surface area contributed by atoms with Gasteiger partial charge in [-0.3, -0.25) is 4.79 Å². The minimum Gasteiger partial charge on any atom is -0.507 e. The maximum absolute atomic E-state index is 11.8. The standard InChI is InChI=1S/C13H14N2O3/c1-18-10-2-3-11(12(16)6-10)13(17)15-8-9-4-5-14-7-9/h2-7,14,16H,8H2,1H3,(H,15,17). The van der Waals surface area contributed by atoms with Crippen LogP contribution in [-0.2, 0) is 6.54 Å². The maximum Gasteiger partial charge on any atom is 0.255 e. The van der Waals surface area contributed by atoms with Crippen molar-refractivity contribution in [2.24, 2.45) is 0 Å². The molecule has 0 aliphatic rings. The van der Waals surface area contributed by atoms with Gasteiger partial charge in [0, 0.05) is 25.0 Å². The number of ether oxygens (including phenoxy) is 1. The smallest absolute Gasteiger partial charge is 0.255 e. The van der Waals surface area contributed by atoms with Gasteiger partial charge in [-0.1, -0.05) is 0 Å². The molecule has 0 aliphatic carbocycles. The first-order valence-electron chi connectivity index (χ1n) is 5.47. The number of aromatic amines is 1. The van der Waals surface area contributed by atoms with Crippen LogP contribution in [0.3, 0.4) is 0 Å². The minimum absolute atomic E-state index is 0.0964. The molecule has 1 heterocycles. The second kappa shape index (κ2) is 5.27. The molecule has 0 unspecified atom stereocenters. The molecule has 0 atom stereocenters. The van der Waals surface area contributed by atoms with E-state index in [2.05, 4.69) is 10.3 Å². The molecule has 94 valence electrons. The number of phenols is 1. The number of nitrogens with one attached hydrogen (secondary N) is 2. The molecule has 2 rings (SSSR count). The number of amides is 1. The van der Waals surface area contributed by atoms with E-state index < -0.39 is 0 Å². The predicted molar refractivity (Wildman–Crippen MR) is 66.6 cm³/mol. The molecule has 1 aromatic heterocycles. The Morgan fingerprint density at radius 3 is 2.89 bits per heavy atom. The molecule has 5 heteroatoms. The van der Waals surface area contributed by atoms with Crippen LogP contribution in [0.4, 0.5) is 0 Å². The Kier molecular flexibility index (Phi) is 3.52. The summed E-state index contributed by atoms with van der Waals surface area (Å²) < 4.78 is 4.95. The molecule has 0 saturated carbocycles. The van der Waals surface area contributed by atoms with E-state index in [0.29, 0.717) is 12.3 Å². The van der Waals surface area contributed by atoms with Gasteiger partial charge in [0.1, 0.15) is 11.5 Å². The van der Waals surface area contributed by atoms with Crippen LogP contribution in [0.5, 0.6) is 11.5 Å². The molecular formula is C13H14N2O3. The van der Waals surface area contributed by atoms with Gasteiger partial charge >= 0.3 is 0 Å². The lowest BCUT2D eigenvalue weighted by Crippen LogP contribution is -2.22. The zero-order valence-electron chi connectivity index (χ0n) is 9.93. The van der Waals surface area contributed by atoms with E-state index in [-0.39, 0.29) is 17.2 Å². The SMILES string of the molecule is COc1ccc(C(=O)NCc2cc[nH]c2)c(O)c1. The number of aromatic hydroxyl groups is 1. The average Bonchev–Trinajstić information content (AvgIpc) is 2.88. The van der Waals surface area contributed by atoms with Crippen LogP contribution in [0.2, 0.25) is 0 Å². The number of hydrogen-bond acceptors (Lipinski definition) is 3. The predicted octanol–water partition coefficient (Wildman–Crippen LogP) is 1.66. The summed E-state index contributed by atoms with van der Waals surface area (Å²) in [5, 5.41) is 12.4. The van der Waals surface area contributed by atoms with E-state index in [9.17, 15) is 9.90 Å². The summed E-state index contributed by atoms with van der Waals surface area (Å²) in [7, 11) is 1.50. The van der Waals surface area contributed by atoms with E-state index in [0.717, 1.165) is 5.56 Å². The molecule has 18 heavy (non-hydrogen) atoms. The van der Waals surface area contributed by atoms with Crippen molar-refractivity contribution >= 4 is 5.91 Å². The quantitative estimate of drug-likeness (QED) is 0.768. The molecule has 0 saturated heterocycles. The van der Waals surface area contributed by atoms with Gasteiger partial charge in [-0.05, 0) is 23.8 Å². The lowest BCUT2D eigenvalue weighted by atomic mass is 10.1. The number of aromatic nitrogens is 1. The van der Waals surface area contributed by atoms with Gasteiger partial charge in [-0.2, -0.15) is 0 Å². The number of rotatable bonds is 4. The zero-order valence-corrected chi connectivity index (χ0v) is 9.93. The molecule has 1 aromatic carbocycles. The number of phenolic OH excluding ortho intramolecular Hbond substituents is 1. The van der Waals surface area contributed by atoms with Gasteiger partial charge in [0.25, 0.3) is 5.91 Å². The maximum atomic E-state index is 11.8. The fourth-order valence-electron chi connectivity index (χ4n) is 1.58. The summed E-state index contributed by atoms with van der Waals surface area (Å²) in [6.45, 7) is 0.411. The number of carbonyl (C=O) groups is 1. The average molecular weight is 246 g/mol. The fourth-order valence-corrected chi connectivity index (χ4v) is 1.58. The highest BCUT2D eigenvalue weighted by Gasteiger charge is 2.11. The first-order valence-corrected chi connectivity index (χ1v) is 5.47. The lowest BCUT2D eigenvalue weighted by molar-refractivity contribution is 0.0948. The minimum atomic E-state index is -0.323. The molecule has 0 aliphatic heterocycles. The third-order valence-electron chi connectivity index (χ3n) is 2.56. The Morgan fingerprint density at radius 2 is 2.28 bits per heavy atom. The van der Waals surface area contributed by atoms with Crippen molar-refractivity contribution in [3.05, 3.63) is 47.8 Å². The molecule has 5 nitrogen and oxygen atoms in total. The summed E-state index contributed by atoms with van der Waals surface area (Å²) in [6, 6.07) is 6.44. The highest BCUT2D eigenvalue weighted by Crippen LogP contribution is 2.23. The van der Waals surface area contributed by atoms with Crippen LogP contribution in [0.15, 0.2) is 36.7 Å². The van der Waals surface area contributed by atoms with E-state index in [1.807, 2.05) is 6.07 Å². The Hall–Kier alpha value is -2.43. The van der Waals surface area contributed by atoms with Crippen molar-refractivity contribution in [3.63, 3.8) is 0 Å². The molecule has 3 N–H and O–H groups in total. The molecule has 1 amide bonds. The Morgan fingerprint density at radius 1 is 1.44 bits per heavy atom. The molecule has 0 radical (unpaired) electrons. The number of carbonyl (C=O) groups excluding carboxylic acids is 1. The normalized spacial score (nSPS) is 10.1. The molecule has 0 fully saturated rings. The van der Waals surface area contributed by atoms with Gasteiger partial charge in [0.05, 0.1) is 12.7 Å². The summed E-state index contributed by atoms with van der Waals surface area (Å²) in [5.74, 6) is 0.0898. The van der Waals surface area contributed by atoms with Crippen LogP contribution < -0.4 is 10.1 Å². The Balaban J connectivity index is 2.04. The molecule has 2 aromatic rings. The van der Waals surface area contributed by atoms with E-state index in [1.165, 1.54) is 19.2 Å². The van der Waals surface area contributed by atoms with Crippen LogP contribution in [-0.4, -0.2) is 23.1 Å². The van der Waals surface area contributed by atoms with E-state index in [1.54, 1.807) is 18.5 Å². The number of methoxy groups -OCH3 is 1. The van der Waals surface area contributed by atoms with Crippen molar-refractivity contribution in [1.82, 2.24) is 10.3 Å². The monoisotopic (exact) mass is 246 g/mol. The van der Waals surface area contributed by atoms with Gasteiger partial charge in [-0.25, -0.2) is 0 Å². The van der Waals surface area contributed by atoms with Crippen LogP contribution >= 0.6 is 0 Å². The second-order valence-electron chi connectivity index (χ2n) is 3.79. The molecular weight excluding hydrogens is 232 g/mol. The summed E-state index contributed by atoms with van der Waals surface area (Å²) >= 11 is 0. The topological polar surface area (TPSA) is 74.3 Å². The molecule has 0 spiro atoms. The van der Waals surface area contributed by atoms with Crippen molar-refractivity contribution < 1.29 is 14.6 Å². The number of benzene rings is 1. The summed E-state index contributed by atoms with van der Waals surface area (Å²) in [5.41, 5.74) is 1.20. The van der Waals surface area contributed by atoms with Gasteiger partial charge in [0.15, 0.2) is 0 Å². The third kappa shape index (κ3) is 2.63. The van der Waals surface area contributed by atoms with Crippen LogP contribution in [0.25, 0.3) is 0 Å². The highest BCUT2D eigenvalue weighted by molar-refractivity contribution is 5.96. The first kappa shape index (κ1) is 12.0. The van der Waals surface area contributed by atoms with Crippen molar-refractivity contribution in [2.75, 3.05) is 7.11 Å². The van der Waals surface area contributed by atoms with Crippen molar-refractivity contribution in [2.45, 2.75) is 6.54 Å². The first-order chi connectivity index (χ1) is 8.70. The van der Waals surface area contributed by atoms with Crippen molar-refractivity contribution in [1.29, 1.82) is 0 Å². The lowest BCUT2D eigenvalue weighted by Gasteiger charge is -2.07. The Bertz CT molecular complexity index is 535. The Labute approximate surface area is 104 Å². The summed E-state index contributed by atoms with van der Waals surface area (Å²) in [4.78, 5) is 14.7. The number of hydrogen-bond donors (Lipinski definition) is 3. The second-order valence-corrected chi connectivity index (χ2v) is 3.79. The van der Waals surface area contributed by atoms with Crippen LogP contribution in [0.1, 0.15) is 15.9 Å².